The van der Waals surface area contributed by atoms with Gasteiger partial charge in [-0.15, -0.1) is 0 Å². The summed E-state index contributed by atoms with van der Waals surface area (Å²) in [6.07, 6.45) is 4.20. The molecule has 2 heterocycles. The highest BCUT2D eigenvalue weighted by molar-refractivity contribution is 6.00. The number of anilines is 1. The van der Waals surface area contributed by atoms with Gasteiger partial charge in [0.15, 0.2) is 5.76 Å². The summed E-state index contributed by atoms with van der Waals surface area (Å²) in [4.78, 5) is 94.8. The lowest BCUT2D eigenvalue weighted by atomic mass is 9.90. The topological polar surface area (TPSA) is 234 Å². The van der Waals surface area contributed by atoms with Gasteiger partial charge in [-0.1, -0.05) is 39.2 Å². The number of hydrogen-bond donors (Lipinski definition) is 5. The maximum Gasteiger partial charge on any atom is 0.363 e. The average molecular weight is 824 g/mol. The molecular formula is C41H50FN5O12. The Kier molecular flexibility index (Phi) is 16.8. The average Bonchev–Trinajstić information content (AvgIpc) is 3.93. The molecule has 4 rings (SSSR count). The van der Waals surface area contributed by atoms with Crippen molar-refractivity contribution in [2.24, 2.45) is 5.92 Å². The van der Waals surface area contributed by atoms with E-state index in [0.29, 0.717) is 43.6 Å². The van der Waals surface area contributed by atoms with Gasteiger partial charge in [-0.2, -0.15) is 5.06 Å². The van der Waals surface area contributed by atoms with Crippen LogP contribution in [0, 0.1) is 11.7 Å². The van der Waals surface area contributed by atoms with Gasteiger partial charge in [0.05, 0.1) is 48.5 Å². The molecule has 3 atom stereocenters. The van der Waals surface area contributed by atoms with Crippen molar-refractivity contribution >= 4 is 47.7 Å². The third-order valence-corrected chi connectivity index (χ3v) is 9.72. The van der Waals surface area contributed by atoms with E-state index in [-0.39, 0.29) is 48.1 Å². The number of furan rings is 1. The van der Waals surface area contributed by atoms with Crippen LogP contribution >= 0.6 is 0 Å². The molecule has 18 heteroatoms. The number of halogens is 1. The maximum atomic E-state index is 15.0. The highest BCUT2D eigenvalue weighted by Gasteiger charge is 2.34. The van der Waals surface area contributed by atoms with Crippen LogP contribution in [0.2, 0.25) is 0 Å². The summed E-state index contributed by atoms with van der Waals surface area (Å²) in [5.41, 5.74) is 0.621. The second-order valence-corrected chi connectivity index (χ2v) is 13.8. The van der Waals surface area contributed by atoms with Gasteiger partial charge in [-0.25, -0.2) is 14.0 Å². The molecule has 1 saturated heterocycles. The summed E-state index contributed by atoms with van der Waals surface area (Å²) in [5, 5.41) is 26.5. The largest absolute Gasteiger partial charge is 0.493 e. The second kappa shape index (κ2) is 21.9. The monoisotopic (exact) mass is 823 g/mol. The zero-order valence-electron chi connectivity index (χ0n) is 33.2. The van der Waals surface area contributed by atoms with Gasteiger partial charge in [0, 0.05) is 18.7 Å². The van der Waals surface area contributed by atoms with Gasteiger partial charge in [-0.05, 0) is 75.1 Å². The molecular weight excluding hydrogens is 773 g/mol. The molecule has 2 aromatic carbocycles. The molecule has 0 spiro atoms. The van der Waals surface area contributed by atoms with E-state index in [9.17, 15) is 43.1 Å². The first-order valence-corrected chi connectivity index (χ1v) is 19.5. The van der Waals surface area contributed by atoms with Crippen molar-refractivity contribution in [2.75, 3.05) is 31.3 Å². The Balaban J connectivity index is 1.40. The Morgan fingerprint density at radius 1 is 0.949 bits per heavy atom. The normalized spacial score (nSPS) is 13.7. The van der Waals surface area contributed by atoms with Crippen LogP contribution in [0.15, 0.2) is 52.9 Å². The molecule has 1 aliphatic heterocycles. The smallest absolute Gasteiger partial charge is 0.363 e. The van der Waals surface area contributed by atoms with Crippen LogP contribution in [0.5, 0.6) is 5.75 Å². The Morgan fingerprint density at radius 3 is 2.32 bits per heavy atom. The van der Waals surface area contributed by atoms with Crippen LogP contribution < -0.4 is 25.6 Å². The SMILES string of the molecule is CCCCCC(C(=O)NCNC(=O)c1ccc(-c2ccc(C(=O)NC(CC(=O)O)C(=O)O)c(OCC)c2)o1)C(CC)N(C=O)OC(=O)c1ccc(N2CCCC2)c(F)c1. The molecule has 59 heavy (non-hydrogen) atoms. The number of carbonyl (C=O) groups is 7. The molecule has 0 radical (unpaired) electrons. The van der Waals surface area contributed by atoms with Gasteiger partial charge >= 0.3 is 17.9 Å². The molecule has 1 fully saturated rings. The van der Waals surface area contributed by atoms with Crippen molar-refractivity contribution in [3.63, 3.8) is 0 Å². The number of hydroxylamine groups is 2. The molecule has 0 aliphatic carbocycles. The summed E-state index contributed by atoms with van der Waals surface area (Å²) in [6, 6.07) is 8.58. The lowest BCUT2D eigenvalue weighted by molar-refractivity contribution is -0.171. The third-order valence-electron chi connectivity index (χ3n) is 9.72. The second-order valence-electron chi connectivity index (χ2n) is 13.8. The predicted octanol–water partition coefficient (Wildman–Crippen LogP) is 4.75. The van der Waals surface area contributed by atoms with Crippen molar-refractivity contribution in [1.82, 2.24) is 21.0 Å². The first-order valence-electron chi connectivity index (χ1n) is 19.5. The minimum absolute atomic E-state index is 0.0503. The number of carboxylic acid groups (broad SMARTS) is 2. The number of ether oxygens (including phenoxy) is 1. The van der Waals surface area contributed by atoms with Gasteiger partial charge in [0.2, 0.25) is 12.3 Å². The number of nitrogens with one attached hydrogen (secondary N) is 3. The van der Waals surface area contributed by atoms with Crippen LogP contribution in [0.25, 0.3) is 11.3 Å². The highest BCUT2D eigenvalue weighted by atomic mass is 19.1. The molecule has 3 aromatic rings. The Hall–Kier alpha value is -6.46. The van der Waals surface area contributed by atoms with Crippen LogP contribution in [-0.2, 0) is 24.0 Å². The molecule has 3 unspecified atom stereocenters. The summed E-state index contributed by atoms with van der Waals surface area (Å²) in [5.74, 6) is -7.26. The van der Waals surface area contributed by atoms with Crippen molar-refractivity contribution in [2.45, 2.75) is 84.2 Å². The van der Waals surface area contributed by atoms with Crippen LogP contribution in [0.4, 0.5) is 10.1 Å². The van der Waals surface area contributed by atoms with E-state index in [1.165, 1.54) is 42.5 Å². The molecule has 4 amide bonds. The molecule has 318 valence electrons. The number of unbranched alkanes of at least 4 members (excludes halogenated alkanes) is 2. The van der Waals surface area contributed by atoms with Crippen LogP contribution in [0.3, 0.4) is 0 Å². The van der Waals surface area contributed by atoms with E-state index < -0.39 is 65.9 Å². The lowest BCUT2D eigenvalue weighted by Gasteiger charge is -2.31. The first kappa shape index (κ1) is 45.2. The lowest BCUT2D eigenvalue weighted by Crippen LogP contribution is -2.49. The third kappa shape index (κ3) is 12.3. The molecule has 0 saturated carbocycles. The number of rotatable bonds is 23. The molecule has 1 aliphatic rings. The molecule has 17 nitrogen and oxygen atoms in total. The van der Waals surface area contributed by atoms with E-state index in [0.717, 1.165) is 36.8 Å². The summed E-state index contributed by atoms with van der Waals surface area (Å²) < 4.78 is 26.3. The van der Waals surface area contributed by atoms with Gasteiger partial charge in [0.25, 0.3) is 11.8 Å². The number of benzene rings is 2. The fraction of sp³-hybridized carbons (Fsp3) is 0.439. The minimum atomic E-state index is -1.68. The Morgan fingerprint density at radius 2 is 1.69 bits per heavy atom. The fourth-order valence-electron chi connectivity index (χ4n) is 6.71. The van der Waals surface area contributed by atoms with E-state index in [1.807, 2.05) is 11.8 Å². The minimum Gasteiger partial charge on any atom is -0.493 e. The van der Waals surface area contributed by atoms with Gasteiger partial charge in [-0.3, -0.25) is 24.0 Å². The van der Waals surface area contributed by atoms with Crippen molar-refractivity contribution in [3.05, 3.63) is 71.2 Å². The number of amides is 4. The highest BCUT2D eigenvalue weighted by Crippen LogP contribution is 2.30. The van der Waals surface area contributed by atoms with Crippen molar-refractivity contribution in [3.8, 4) is 17.1 Å². The summed E-state index contributed by atoms with van der Waals surface area (Å²) in [7, 11) is 0. The van der Waals surface area contributed by atoms with Crippen LogP contribution in [0.1, 0.15) is 103 Å². The zero-order valence-corrected chi connectivity index (χ0v) is 33.2. The zero-order chi connectivity index (χ0) is 43.1. The van der Waals surface area contributed by atoms with Gasteiger partial charge in [0.1, 0.15) is 23.4 Å². The number of carboxylic acids is 2. The summed E-state index contributed by atoms with van der Waals surface area (Å²) >= 11 is 0. The Labute approximate surface area is 340 Å². The first-order chi connectivity index (χ1) is 28.3. The van der Waals surface area contributed by atoms with E-state index in [2.05, 4.69) is 16.0 Å². The quantitative estimate of drug-likeness (QED) is 0.0377. The number of nitrogens with zero attached hydrogens (tertiary/aromatic N) is 2. The molecule has 1 aromatic heterocycles. The number of carbonyl (C=O) groups excluding carboxylic acids is 5. The standard InChI is InChI=1S/C41H50FN5O12/c1-4-7-8-11-27(31(5-2)47(24-48)59-41(56)26-13-15-32(29(42)20-26)46-18-9-10-19-46)37(51)43-23-44-39(53)34-17-16-33(58-34)25-12-14-28(35(21-25)57-6-3)38(52)45-30(40(54)55)22-36(49)50/h12-17,20-21,24,27,30-31H,4-11,18-19,22-23H2,1-3H3,(H,43,51)(H,44,53)(H,45,52)(H,49,50)(H,54,55). The van der Waals surface area contributed by atoms with E-state index in [4.69, 9.17) is 19.1 Å². The van der Waals surface area contributed by atoms with E-state index >= 15 is 0 Å². The summed E-state index contributed by atoms with van der Waals surface area (Å²) in [6.45, 7) is 6.61. The predicted molar refractivity (Wildman–Crippen MR) is 210 cm³/mol. The number of hydrogen-bond acceptors (Lipinski definition) is 11. The number of aliphatic carboxylic acids is 2. The van der Waals surface area contributed by atoms with Crippen molar-refractivity contribution < 1.29 is 62.2 Å². The van der Waals surface area contributed by atoms with Crippen molar-refractivity contribution in [1.29, 1.82) is 0 Å². The van der Waals surface area contributed by atoms with Crippen LogP contribution in [-0.4, -0.2) is 95.8 Å². The molecule has 5 N–H and O–H groups in total. The Bertz CT molecular complexity index is 1980. The fourth-order valence-corrected chi connectivity index (χ4v) is 6.71. The molecule has 0 bridgehead atoms. The maximum absolute atomic E-state index is 15.0. The van der Waals surface area contributed by atoms with E-state index in [1.54, 1.807) is 13.8 Å². The van der Waals surface area contributed by atoms with Gasteiger partial charge < -0.3 is 45.1 Å².